The Balaban J connectivity index is 1.32. The quantitative estimate of drug-likeness (QED) is 0.419. The minimum atomic E-state index is 0.373. The van der Waals surface area contributed by atoms with Gasteiger partial charge in [0.25, 0.3) is 0 Å². The van der Waals surface area contributed by atoms with Gasteiger partial charge in [0.2, 0.25) is 6.41 Å². The Labute approximate surface area is 198 Å². The van der Waals surface area contributed by atoms with Crippen LogP contribution in [0.2, 0.25) is 0 Å². The fraction of sp³-hybridized carbons (Fsp3) is 0.360. The van der Waals surface area contributed by atoms with Crippen molar-refractivity contribution in [3.05, 3.63) is 54.6 Å². The largest absolute Gasteiger partial charge is 0.345 e. The first-order chi connectivity index (χ1) is 16.6. The summed E-state index contributed by atoms with van der Waals surface area (Å²) in [5.74, 6) is 2.27. The van der Waals surface area contributed by atoms with Crippen molar-refractivity contribution in [2.45, 2.75) is 39.2 Å². The zero-order chi connectivity index (χ0) is 23.5. The molecule has 0 unspecified atom stereocenters. The Morgan fingerprint density at radius 3 is 2.71 bits per heavy atom. The van der Waals surface area contributed by atoms with E-state index in [0.717, 1.165) is 66.6 Å². The summed E-state index contributed by atoms with van der Waals surface area (Å²) in [5.41, 5.74) is 4.72. The van der Waals surface area contributed by atoms with Crippen molar-refractivity contribution in [3.63, 3.8) is 0 Å². The van der Waals surface area contributed by atoms with Gasteiger partial charge in [-0.25, -0.2) is 4.98 Å². The van der Waals surface area contributed by atoms with Crippen molar-refractivity contribution in [2.75, 3.05) is 18.4 Å². The van der Waals surface area contributed by atoms with Crippen LogP contribution < -0.4 is 5.32 Å². The van der Waals surface area contributed by atoms with Gasteiger partial charge in [-0.3, -0.25) is 14.5 Å². The van der Waals surface area contributed by atoms with Crippen LogP contribution in [0.3, 0.4) is 0 Å². The van der Waals surface area contributed by atoms with Gasteiger partial charge in [-0.15, -0.1) is 5.10 Å². The van der Waals surface area contributed by atoms with Gasteiger partial charge in [0.1, 0.15) is 5.82 Å². The molecule has 1 N–H and O–H groups in total. The minimum absolute atomic E-state index is 0.373. The monoisotopic (exact) mass is 456 g/mol. The highest BCUT2D eigenvalue weighted by atomic mass is 16.1. The molecule has 0 saturated carbocycles. The van der Waals surface area contributed by atoms with Crippen LogP contribution in [0.25, 0.3) is 22.2 Å². The highest BCUT2D eigenvalue weighted by molar-refractivity contribution is 5.81. The van der Waals surface area contributed by atoms with E-state index in [1.807, 2.05) is 46.2 Å². The first-order valence-corrected chi connectivity index (χ1v) is 11.7. The standard InChI is InChI=1S/C25H28N8O/c1-17(2)19-10-25(31-27-12-19)30-24-4-3-22-23(29-24)9-20(11-26-22)21-13-28-33(15-21)14-18-5-7-32(16-34)8-6-18/h3-4,9-13,15-18H,5-8,14H2,1-2H3,(H,29,30,31). The topological polar surface area (TPSA) is 102 Å². The lowest BCUT2D eigenvalue weighted by Gasteiger charge is -2.28. The highest BCUT2D eigenvalue weighted by Crippen LogP contribution is 2.25. The Hall–Kier alpha value is -3.88. The minimum Gasteiger partial charge on any atom is -0.345 e. The third-order valence-corrected chi connectivity index (χ3v) is 6.35. The number of nitrogens with one attached hydrogen (secondary N) is 1. The lowest BCUT2D eigenvalue weighted by molar-refractivity contribution is -0.119. The predicted octanol–water partition coefficient (Wildman–Crippen LogP) is 4.02. The van der Waals surface area contributed by atoms with Gasteiger partial charge in [0, 0.05) is 43.2 Å². The van der Waals surface area contributed by atoms with Crippen molar-refractivity contribution in [3.8, 4) is 11.1 Å². The molecular weight excluding hydrogens is 428 g/mol. The van der Waals surface area contributed by atoms with Crippen molar-refractivity contribution in [2.24, 2.45) is 5.92 Å². The molecule has 9 nitrogen and oxygen atoms in total. The van der Waals surface area contributed by atoms with Gasteiger partial charge in [-0.2, -0.15) is 10.2 Å². The van der Waals surface area contributed by atoms with E-state index in [1.54, 1.807) is 6.20 Å². The smallest absolute Gasteiger partial charge is 0.209 e. The Morgan fingerprint density at radius 1 is 1.06 bits per heavy atom. The first-order valence-electron chi connectivity index (χ1n) is 11.7. The third-order valence-electron chi connectivity index (χ3n) is 6.35. The van der Waals surface area contributed by atoms with E-state index in [4.69, 9.17) is 4.98 Å². The number of piperidine rings is 1. The molecule has 5 rings (SSSR count). The number of fused-ring (bicyclic) bond motifs is 1. The van der Waals surface area contributed by atoms with E-state index in [-0.39, 0.29) is 0 Å². The number of hydrogen-bond acceptors (Lipinski definition) is 7. The van der Waals surface area contributed by atoms with Gasteiger partial charge in [-0.05, 0) is 54.5 Å². The molecule has 0 spiro atoms. The van der Waals surface area contributed by atoms with Crippen LogP contribution in [-0.2, 0) is 11.3 Å². The van der Waals surface area contributed by atoms with Crippen molar-refractivity contribution >= 4 is 29.1 Å². The van der Waals surface area contributed by atoms with Crippen LogP contribution in [0.15, 0.2) is 49.1 Å². The van der Waals surface area contributed by atoms with Gasteiger partial charge >= 0.3 is 0 Å². The molecule has 4 aromatic rings. The van der Waals surface area contributed by atoms with Crippen molar-refractivity contribution < 1.29 is 4.79 Å². The second-order valence-corrected chi connectivity index (χ2v) is 9.15. The normalized spacial score (nSPS) is 14.6. The molecule has 0 aliphatic carbocycles. The first kappa shape index (κ1) is 21.9. The molecule has 0 radical (unpaired) electrons. The number of nitrogens with zero attached hydrogens (tertiary/aromatic N) is 7. The highest BCUT2D eigenvalue weighted by Gasteiger charge is 2.19. The molecule has 1 aliphatic heterocycles. The van der Waals surface area contributed by atoms with Gasteiger partial charge in [0.05, 0.1) is 23.4 Å². The molecule has 1 aliphatic rings. The lowest BCUT2D eigenvalue weighted by atomic mass is 9.97. The molecule has 4 aromatic heterocycles. The summed E-state index contributed by atoms with van der Waals surface area (Å²) >= 11 is 0. The summed E-state index contributed by atoms with van der Waals surface area (Å²) in [7, 11) is 0. The molecule has 1 fully saturated rings. The predicted molar refractivity (Wildman–Crippen MR) is 131 cm³/mol. The molecule has 0 aromatic carbocycles. The van der Waals surface area contributed by atoms with E-state index in [2.05, 4.69) is 45.6 Å². The number of pyridine rings is 2. The maximum atomic E-state index is 10.9. The average Bonchev–Trinajstić information content (AvgIpc) is 3.33. The van der Waals surface area contributed by atoms with E-state index in [1.165, 1.54) is 0 Å². The summed E-state index contributed by atoms with van der Waals surface area (Å²) < 4.78 is 1.99. The van der Waals surface area contributed by atoms with Crippen LogP contribution in [-0.4, -0.2) is 54.3 Å². The fourth-order valence-corrected chi connectivity index (χ4v) is 4.24. The molecule has 0 bridgehead atoms. The molecular formula is C25H28N8O. The molecule has 174 valence electrons. The van der Waals surface area contributed by atoms with E-state index >= 15 is 0 Å². The number of anilines is 2. The van der Waals surface area contributed by atoms with Gasteiger partial charge in [-0.1, -0.05) is 13.8 Å². The summed E-state index contributed by atoms with van der Waals surface area (Å²) in [6.07, 6.45) is 10.5. The van der Waals surface area contributed by atoms with Crippen molar-refractivity contribution in [1.82, 2.24) is 34.8 Å². The van der Waals surface area contributed by atoms with Gasteiger partial charge in [0.15, 0.2) is 5.82 Å². The second kappa shape index (κ2) is 9.54. The summed E-state index contributed by atoms with van der Waals surface area (Å²) in [6.45, 7) is 6.76. The number of carbonyl (C=O) groups excluding carboxylic acids is 1. The zero-order valence-corrected chi connectivity index (χ0v) is 19.4. The Morgan fingerprint density at radius 2 is 1.91 bits per heavy atom. The van der Waals surface area contributed by atoms with Crippen LogP contribution in [0, 0.1) is 5.92 Å². The number of carbonyl (C=O) groups is 1. The van der Waals surface area contributed by atoms with E-state index in [9.17, 15) is 4.79 Å². The molecule has 9 heteroatoms. The third kappa shape index (κ3) is 4.88. The molecule has 0 atom stereocenters. The van der Waals surface area contributed by atoms with Crippen LogP contribution in [0.5, 0.6) is 0 Å². The van der Waals surface area contributed by atoms with Gasteiger partial charge < -0.3 is 10.2 Å². The molecule has 34 heavy (non-hydrogen) atoms. The fourth-order valence-electron chi connectivity index (χ4n) is 4.24. The maximum Gasteiger partial charge on any atom is 0.209 e. The Bertz CT molecular complexity index is 1290. The van der Waals surface area contributed by atoms with Crippen molar-refractivity contribution in [1.29, 1.82) is 0 Å². The second-order valence-electron chi connectivity index (χ2n) is 9.15. The summed E-state index contributed by atoms with van der Waals surface area (Å²) in [5, 5.41) is 16.1. The number of amides is 1. The molecule has 5 heterocycles. The number of likely N-dealkylation sites (tertiary alicyclic amines) is 1. The SMILES string of the molecule is CC(C)c1cnnc(Nc2ccc3ncc(-c4cnn(CC5CCN(C=O)CC5)c4)cc3n2)c1. The molecule has 1 saturated heterocycles. The van der Waals surface area contributed by atoms with Crippen LogP contribution >= 0.6 is 0 Å². The number of aromatic nitrogens is 6. The summed E-state index contributed by atoms with van der Waals surface area (Å²) in [6, 6.07) is 7.87. The van der Waals surface area contributed by atoms with E-state index in [0.29, 0.717) is 23.5 Å². The zero-order valence-electron chi connectivity index (χ0n) is 19.4. The number of hydrogen-bond donors (Lipinski definition) is 1. The lowest BCUT2D eigenvalue weighted by Crippen LogP contribution is -2.33. The Kier molecular flexibility index (Phi) is 6.16. The van der Waals surface area contributed by atoms with Crippen LogP contribution in [0.4, 0.5) is 11.6 Å². The summed E-state index contributed by atoms with van der Waals surface area (Å²) in [4.78, 5) is 22.1. The molecule has 1 amide bonds. The maximum absolute atomic E-state index is 10.9. The number of rotatable bonds is 7. The van der Waals surface area contributed by atoms with Crippen LogP contribution in [0.1, 0.15) is 38.2 Å². The van der Waals surface area contributed by atoms with E-state index < -0.39 is 0 Å². The average molecular weight is 457 g/mol.